The van der Waals surface area contributed by atoms with Gasteiger partial charge in [0.2, 0.25) is 0 Å². The molecule has 24 heavy (non-hydrogen) atoms. The van der Waals surface area contributed by atoms with Gasteiger partial charge in [-0.05, 0) is 48.0 Å². The Morgan fingerprint density at radius 2 is 1.62 bits per heavy atom. The van der Waals surface area contributed by atoms with Crippen molar-refractivity contribution in [2.45, 2.75) is 0 Å². The Morgan fingerprint density at radius 3 is 2.17 bits per heavy atom. The summed E-state index contributed by atoms with van der Waals surface area (Å²) in [6.07, 6.45) is 2.47. The Bertz CT molecular complexity index is 790. The van der Waals surface area contributed by atoms with Gasteiger partial charge in [0, 0.05) is 6.08 Å². The molecule has 0 fully saturated rings. The second-order valence-corrected chi connectivity index (χ2v) is 4.71. The fraction of sp³-hybridized carbons (Fsp3) is 0. The van der Waals surface area contributed by atoms with Crippen molar-refractivity contribution in [2.24, 2.45) is 16.5 Å². The molecule has 0 amide bonds. The maximum atomic E-state index is 12.0. The van der Waals surface area contributed by atoms with Crippen LogP contribution in [-0.4, -0.2) is 23.0 Å². The zero-order valence-corrected chi connectivity index (χ0v) is 12.5. The highest BCUT2D eigenvalue weighted by molar-refractivity contribution is 5.91. The molecule has 0 aliphatic carbocycles. The van der Waals surface area contributed by atoms with Crippen molar-refractivity contribution in [2.75, 3.05) is 0 Å². The first-order chi connectivity index (χ1) is 11.4. The number of carbonyl (C=O) groups excluding carboxylic acids is 1. The normalized spacial score (nSPS) is 10.3. The molecule has 0 bridgehead atoms. The number of carboxylic acid groups (broad SMARTS) is 1. The number of benzene rings is 2. The Balaban J connectivity index is 2.04. The van der Waals surface area contributed by atoms with Gasteiger partial charge in [0.15, 0.2) is 5.96 Å². The van der Waals surface area contributed by atoms with Gasteiger partial charge in [-0.15, -0.1) is 0 Å². The minimum Gasteiger partial charge on any atom is -0.478 e. The molecular weight excluding hydrogens is 310 g/mol. The third kappa shape index (κ3) is 4.99. The minimum absolute atomic E-state index is 0.0673. The van der Waals surface area contributed by atoms with E-state index in [2.05, 4.69) is 4.99 Å². The monoisotopic (exact) mass is 325 g/mol. The van der Waals surface area contributed by atoms with Crippen molar-refractivity contribution in [3.63, 3.8) is 0 Å². The number of rotatable bonds is 5. The Hall–Kier alpha value is -3.61. The van der Waals surface area contributed by atoms with Crippen LogP contribution in [0.5, 0.6) is 5.75 Å². The van der Waals surface area contributed by atoms with Crippen LogP contribution in [-0.2, 0) is 4.79 Å². The molecule has 7 heteroatoms. The SMILES string of the molecule is NC(N)=Nc1ccc(C(=O)Oc2ccc(/C=C/C(=O)O)cc2)cc1. The van der Waals surface area contributed by atoms with Crippen molar-refractivity contribution in [1.82, 2.24) is 0 Å². The van der Waals surface area contributed by atoms with Crippen LogP contribution in [0.15, 0.2) is 59.6 Å². The second-order valence-electron chi connectivity index (χ2n) is 4.71. The van der Waals surface area contributed by atoms with Crippen LogP contribution in [0.3, 0.4) is 0 Å². The number of nitrogens with two attached hydrogens (primary N) is 2. The molecule has 0 atom stereocenters. The summed E-state index contributed by atoms with van der Waals surface area (Å²) in [7, 11) is 0. The van der Waals surface area contributed by atoms with E-state index < -0.39 is 11.9 Å². The molecule has 0 heterocycles. The summed E-state index contributed by atoms with van der Waals surface area (Å²) >= 11 is 0. The van der Waals surface area contributed by atoms with Crippen LogP contribution in [0.4, 0.5) is 5.69 Å². The third-order valence-corrected chi connectivity index (χ3v) is 2.87. The van der Waals surface area contributed by atoms with Crippen molar-refractivity contribution < 1.29 is 19.4 Å². The lowest BCUT2D eigenvalue weighted by Crippen LogP contribution is -2.21. The number of hydrogen-bond donors (Lipinski definition) is 3. The maximum absolute atomic E-state index is 12.0. The fourth-order valence-electron chi connectivity index (χ4n) is 1.80. The molecular formula is C17H15N3O4. The topological polar surface area (TPSA) is 128 Å². The van der Waals surface area contributed by atoms with E-state index in [1.807, 2.05) is 0 Å². The third-order valence-electron chi connectivity index (χ3n) is 2.87. The van der Waals surface area contributed by atoms with Gasteiger partial charge in [-0.1, -0.05) is 12.1 Å². The standard InChI is InChI=1S/C17H15N3O4/c18-17(19)20-13-6-4-12(5-7-13)16(23)24-14-8-1-11(2-9-14)3-10-15(21)22/h1-10H,(H,21,22)(H4,18,19,20)/b10-3+. The number of guanidine groups is 1. The average molecular weight is 325 g/mol. The second kappa shape index (κ2) is 7.59. The molecule has 0 saturated heterocycles. The van der Waals surface area contributed by atoms with Crippen LogP contribution in [0.1, 0.15) is 15.9 Å². The van der Waals surface area contributed by atoms with Gasteiger partial charge in [0.25, 0.3) is 0 Å². The summed E-state index contributed by atoms with van der Waals surface area (Å²) in [5.74, 6) is -1.28. The number of nitrogens with zero attached hydrogens (tertiary/aromatic N) is 1. The van der Waals surface area contributed by atoms with E-state index in [-0.39, 0.29) is 5.96 Å². The lowest BCUT2D eigenvalue weighted by Gasteiger charge is -2.05. The van der Waals surface area contributed by atoms with Crippen molar-refractivity contribution in [3.05, 3.63) is 65.7 Å². The molecule has 0 aliphatic heterocycles. The number of carboxylic acids is 1. The van der Waals surface area contributed by atoms with E-state index in [4.69, 9.17) is 21.3 Å². The fourth-order valence-corrected chi connectivity index (χ4v) is 1.80. The first-order valence-corrected chi connectivity index (χ1v) is 6.87. The van der Waals surface area contributed by atoms with Crippen LogP contribution < -0.4 is 16.2 Å². The zero-order valence-electron chi connectivity index (χ0n) is 12.5. The number of hydrogen-bond acceptors (Lipinski definition) is 4. The largest absolute Gasteiger partial charge is 0.478 e. The van der Waals surface area contributed by atoms with Crippen LogP contribution in [0.25, 0.3) is 6.08 Å². The highest BCUT2D eigenvalue weighted by Crippen LogP contribution is 2.17. The highest BCUT2D eigenvalue weighted by Gasteiger charge is 2.08. The summed E-state index contributed by atoms with van der Waals surface area (Å²) in [5, 5.41) is 8.56. The van der Waals surface area contributed by atoms with Crippen molar-refractivity contribution in [1.29, 1.82) is 0 Å². The molecule has 5 N–H and O–H groups in total. The number of aliphatic imine (C=N–C) groups is 1. The molecule has 0 spiro atoms. The maximum Gasteiger partial charge on any atom is 0.343 e. The van der Waals surface area contributed by atoms with E-state index in [0.29, 0.717) is 22.6 Å². The lowest BCUT2D eigenvalue weighted by molar-refractivity contribution is -0.131. The van der Waals surface area contributed by atoms with Crippen molar-refractivity contribution >= 4 is 29.7 Å². The molecule has 0 aliphatic rings. The first-order valence-electron chi connectivity index (χ1n) is 6.87. The summed E-state index contributed by atoms with van der Waals surface area (Å²) in [4.78, 5) is 26.4. The van der Waals surface area contributed by atoms with E-state index in [9.17, 15) is 9.59 Å². The van der Waals surface area contributed by atoms with Crippen LogP contribution in [0, 0.1) is 0 Å². The number of aliphatic carboxylic acids is 1. The van der Waals surface area contributed by atoms with Gasteiger partial charge < -0.3 is 21.3 Å². The van der Waals surface area contributed by atoms with E-state index in [0.717, 1.165) is 6.08 Å². The molecule has 122 valence electrons. The summed E-state index contributed by atoms with van der Waals surface area (Å²) < 4.78 is 5.24. The molecule has 0 radical (unpaired) electrons. The van der Waals surface area contributed by atoms with Crippen molar-refractivity contribution in [3.8, 4) is 5.75 Å². The zero-order chi connectivity index (χ0) is 17.5. The van der Waals surface area contributed by atoms with Crippen LogP contribution >= 0.6 is 0 Å². The smallest absolute Gasteiger partial charge is 0.343 e. The van der Waals surface area contributed by atoms with Crippen LogP contribution in [0.2, 0.25) is 0 Å². The Kier molecular flexibility index (Phi) is 5.30. The Labute approximate surface area is 137 Å². The molecule has 0 saturated carbocycles. The van der Waals surface area contributed by atoms with Gasteiger partial charge in [-0.25, -0.2) is 14.6 Å². The number of carbonyl (C=O) groups is 2. The predicted molar refractivity (Wildman–Crippen MR) is 90.0 cm³/mol. The molecule has 7 nitrogen and oxygen atoms in total. The minimum atomic E-state index is -1.03. The molecule has 0 unspecified atom stereocenters. The summed E-state index contributed by atoms with van der Waals surface area (Å²) in [6, 6.07) is 12.7. The molecule has 2 rings (SSSR count). The Morgan fingerprint density at radius 1 is 1.00 bits per heavy atom. The predicted octanol–water partition coefficient (Wildman–Crippen LogP) is 1.91. The number of esters is 1. The first kappa shape index (κ1) is 16.8. The van der Waals surface area contributed by atoms with Gasteiger partial charge in [0.1, 0.15) is 5.75 Å². The average Bonchev–Trinajstić information content (AvgIpc) is 2.54. The molecule has 0 aromatic heterocycles. The summed E-state index contributed by atoms with van der Waals surface area (Å²) in [6.45, 7) is 0. The van der Waals surface area contributed by atoms with E-state index in [1.165, 1.54) is 6.08 Å². The van der Waals surface area contributed by atoms with Gasteiger partial charge >= 0.3 is 11.9 Å². The number of ether oxygens (including phenoxy) is 1. The van der Waals surface area contributed by atoms with E-state index >= 15 is 0 Å². The summed E-state index contributed by atoms with van der Waals surface area (Å²) in [5.41, 5.74) is 12.1. The van der Waals surface area contributed by atoms with Gasteiger partial charge in [0.05, 0.1) is 11.3 Å². The lowest BCUT2D eigenvalue weighted by atomic mass is 10.2. The molecule has 2 aromatic carbocycles. The quantitative estimate of drug-likeness (QED) is 0.253. The highest BCUT2D eigenvalue weighted by atomic mass is 16.5. The van der Waals surface area contributed by atoms with Gasteiger partial charge in [-0.2, -0.15) is 0 Å². The van der Waals surface area contributed by atoms with E-state index in [1.54, 1.807) is 48.5 Å². The molecule has 2 aromatic rings. The van der Waals surface area contributed by atoms with Gasteiger partial charge in [-0.3, -0.25) is 0 Å².